The Hall–Kier alpha value is -1.47. The van der Waals surface area contributed by atoms with Crippen LogP contribution >= 0.6 is 23.2 Å². The van der Waals surface area contributed by atoms with Crippen LogP contribution in [0.2, 0.25) is 0 Å². The molecule has 0 spiro atoms. The first-order chi connectivity index (χ1) is 11.9. The standard InChI is InChI=1S/C17H16Cl2F4O3/c1-16(2)10(7-12(18)19)13(16)14(24)25-8-9-5-3-4-6-11(9)26-15(20)17(21,22)23/h3-7,10,13,15H,8H2,1-2H3. The van der Waals surface area contributed by atoms with Crippen molar-refractivity contribution in [3.05, 3.63) is 40.4 Å². The Balaban J connectivity index is 2.02. The second kappa shape index (κ2) is 7.64. The van der Waals surface area contributed by atoms with Crippen LogP contribution in [0.4, 0.5) is 17.6 Å². The molecule has 0 radical (unpaired) electrons. The molecule has 1 aliphatic rings. The second-order valence-electron chi connectivity index (χ2n) is 6.47. The van der Waals surface area contributed by atoms with Gasteiger partial charge in [-0.1, -0.05) is 55.2 Å². The maximum atomic E-state index is 13.1. The molecule has 2 rings (SSSR count). The summed E-state index contributed by atoms with van der Waals surface area (Å²) in [5.74, 6) is -1.58. The van der Waals surface area contributed by atoms with Gasteiger partial charge in [0.2, 0.25) is 0 Å². The Kier molecular flexibility index (Phi) is 6.13. The predicted octanol–water partition coefficient (Wildman–Crippen LogP) is 5.56. The van der Waals surface area contributed by atoms with Crippen LogP contribution in [0.3, 0.4) is 0 Å². The molecule has 1 aromatic carbocycles. The van der Waals surface area contributed by atoms with Crippen molar-refractivity contribution in [1.82, 2.24) is 0 Å². The molecular formula is C17H16Cl2F4O3. The molecule has 0 amide bonds. The Morgan fingerprint density at radius 1 is 1.31 bits per heavy atom. The molecule has 0 aromatic heterocycles. The molecule has 0 bridgehead atoms. The van der Waals surface area contributed by atoms with E-state index < -0.39 is 29.8 Å². The van der Waals surface area contributed by atoms with E-state index in [0.717, 1.165) is 0 Å². The summed E-state index contributed by atoms with van der Waals surface area (Å²) in [4.78, 5) is 12.2. The van der Waals surface area contributed by atoms with Gasteiger partial charge in [-0.2, -0.15) is 17.6 Å². The molecule has 1 fully saturated rings. The summed E-state index contributed by atoms with van der Waals surface area (Å²) in [5.41, 5.74) is -0.281. The molecule has 144 valence electrons. The van der Waals surface area contributed by atoms with Gasteiger partial charge in [0.25, 0.3) is 0 Å². The molecule has 3 nitrogen and oxygen atoms in total. The van der Waals surface area contributed by atoms with E-state index in [1.165, 1.54) is 24.3 Å². The van der Waals surface area contributed by atoms with Gasteiger partial charge in [0, 0.05) is 5.56 Å². The summed E-state index contributed by atoms with van der Waals surface area (Å²) in [7, 11) is 0. The fourth-order valence-electron chi connectivity index (χ4n) is 2.73. The quantitative estimate of drug-likeness (QED) is 0.451. The highest BCUT2D eigenvalue weighted by molar-refractivity contribution is 6.55. The third kappa shape index (κ3) is 4.82. The summed E-state index contributed by atoms with van der Waals surface area (Å²) in [6.07, 6.45) is -7.08. The van der Waals surface area contributed by atoms with Gasteiger partial charge in [0.15, 0.2) is 0 Å². The summed E-state index contributed by atoms with van der Waals surface area (Å²) in [6, 6.07) is 5.45. The van der Waals surface area contributed by atoms with Crippen LogP contribution in [0.15, 0.2) is 34.8 Å². The lowest BCUT2D eigenvalue weighted by molar-refractivity contribution is -0.236. The maximum Gasteiger partial charge on any atom is 0.457 e. The average molecular weight is 415 g/mol. The number of para-hydroxylation sites is 1. The van der Waals surface area contributed by atoms with E-state index in [-0.39, 0.29) is 28.3 Å². The number of hydrogen-bond donors (Lipinski definition) is 0. The monoisotopic (exact) mass is 414 g/mol. The van der Waals surface area contributed by atoms with Crippen molar-refractivity contribution >= 4 is 29.2 Å². The van der Waals surface area contributed by atoms with Crippen LogP contribution in [0, 0.1) is 17.3 Å². The Bertz CT molecular complexity index is 699. The number of hydrogen-bond acceptors (Lipinski definition) is 3. The topological polar surface area (TPSA) is 35.5 Å². The van der Waals surface area contributed by atoms with Crippen molar-refractivity contribution in [2.45, 2.75) is 33.0 Å². The smallest absolute Gasteiger partial charge is 0.457 e. The first-order valence-electron chi connectivity index (χ1n) is 7.59. The van der Waals surface area contributed by atoms with Crippen molar-refractivity contribution < 1.29 is 31.8 Å². The van der Waals surface area contributed by atoms with Crippen LogP contribution < -0.4 is 4.74 Å². The average Bonchev–Trinajstić information content (AvgIpc) is 3.05. The number of allylic oxidation sites excluding steroid dienone is 1. The van der Waals surface area contributed by atoms with E-state index in [4.69, 9.17) is 27.9 Å². The number of ether oxygens (including phenoxy) is 2. The molecule has 1 aromatic rings. The minimum Gasteiger partial charge on any atom is -0.460 e. The first-order valence-corrected chi connectivity index (χ1v) is 8.35. The molecule has 9 heteroatoms. The molecule has 1 saturated carbocycles. The van der Waals surface area contributed by atoms with Crippen LogP contribution in [0.1, 0.15) is 19.4 Å². The fourth-order valence-corrected chi connectivity index (χ4v) is 3.00. The van der Waals surface area contributed by atoms with Crippen molar-refractivity contribution in [1.29, 1.82) is 0 Å². The lowest BCUT2D eigenvalue weighted by atomic mass is 10.1. The number of carbonyl (C=O) groups is 1. The summed E-state index contributed by atoms with van der Waals surface area (Å²) in [5, 5.41) is 0. The lowest BCUT2D eigenvalue weighted by Gasteiger charge is -2.17. The number of esters is 1. The normalized spacial score (nSPS) is 22.3. The fraction of sp³-hybridized carbons (Fsp3) is 0.471. The Labute approximate surface area is 157 Å². The third-order valence-corrected chi connectivity index (χ3v) is 4.55. The minimum atomic E-state index is -5.15. The molecule has 3 unspecified atom stereocenters. The van der Waals surface area contributed by atoms with E-state index >= 15 is 0 Å². The van der Waals surface area contributed by atoms with Gasteiger partial charge in [-0.25, -0.2) is 0 Å². The van der Waals surface area contributed by atoms with Crippen molar-refractivity contribution in [3.8, 4) is 5.75 Å². The molecule has 0 saturated heterocycles. The number of halogens is 6. The minimum absolute atomic E-state index is 0.0401. The van der Waals surface area contributed by atoms with Crippen LogP contribution in [0.5, 0.6) is 5.75 Å². The number of benzene rings is 1. The van der Waals surface area contributed by atoms with E-state index in [9.17, 15) is 22.4 Å². The van der Waals surface area contributed by atoms with Crippen molar-refractivity contribution in [3.63, 3.8) is 0 Å². The summed E-state index contributed by atoms with van der Waals surface area (Å²) in [6.45, 7) is 3.33. The highest BCUT2D eigenvalue weighted by atomic mass is 35.5. The van der Waals surface area contributed by atoms with Gasteiger partial charge < -0.3 is 9.47 Å². The number of alkyl halides is 4. The number of carbonyl (C=O) groups excluding carboxylic acids is 1. The van der Waals surface area contributed by atoms with E-state index in [1.807, 2.05) is 13.8 Å². The third-order valence-electron chi connectivity index (χ3n) is 4.30. The molecule has 26 heavy (non-hydrogen) atoms. The zero-order chi connectivity index (χ0) is 19.7. The van der Waals surface area contributed by atoms with Crippen LogP contribution in [-0.2, 0) is 16.1 Å². The highest BCUT2D eigenvalue weighted by Gasteiger charge is 2.61. The SMILES string of the molecule is CC1(C)C(C=C(Cl)Cl)C1C(=O)OCc1ccccc1OC(F)C(F)(F)F. The zero-order valence-corrected chi connectivity index (χ0v) is 15.3. The van der Waals surface area contributed by atoms with Crippen LogP contribution in [0.25, 0.3) is 0 Å². The van der Waals surface area contributed by atoms with Crippen molar-refractivity contribution in [2.75, 3.05) is 0 Å². The molecule has 3 atom stereocenters. The van der Waals surface area contributed by atoms with Crippen molar-refractivity contribution in [2.24, 2.45) is 17.3 Å². The molecule has 1 aliphatic carbocycles. The summed E-state index contributed by atoms with van der Waals surface area (Å²) < 4.78 is 59.6. The van der Waals surface area contributed by atoms with E-state index in [1.54, 1.807) is 6.08 Å². The van der Waals surface area contributed by atoms with E-state index in [2.05, 4.69) is 4.74 Å². The number of rotatable bonds is 6. The van der Waals surface area contributed by atoms with Gasteiger partial charge in [0.05, 0.1) is 5.92 Å². The predicted molar refractivity (Wildman–Crippen MR) is 88.4 cm³/mol. The van der Waals surface area contributed by atoms with Gasteiger partial charge >= 0.3 is 18.5 Å². The summed E-state index contributed by atoms with van der Waals surface area (Å²) >= 11 is 11.2. The van der Waals surface area contributed by atoms with Gasteiger partial charge in [-0.05, 0) is 23.5 Å². The van der Waals surface area contributed by atoms with E-state index in [0.29, 0.717) is 0 Å². The van der Waals surface area contributed by atoms with Gasteiger partial charge in [-0.3, -0.25) is 4.79 Å². The second-order valence-corrected chi connectivity index (χ2v) is 7.48. The Morgan fingerprint density at radius 2 is 1.92 bits per heavy atom. The lowest BCUT2D eigenvalue weighted by Crippen LogP contribution is -2.30. The Morgan fingerprint density at radius 3 is 2.50 bits per heavy atom. The van der Waals surface area contributed by atoms with Crippen LogP contribution in [-0.4, -0.2) is 18.5 Å². The molecule has 0 heterocycles. The first kappa shape index (κ1) is 20.8. The maximum absolute atomic E-state index is 13.1. The van der Waals surface area contributed by atoms with Gasteiger partial charge in [0.1, 0.15) is 16.8 Å². The molecular weight excluding hydrogens is 399 g/mol. The zero-order valence-electron chi connectivity index (χ0n) is 13.8. The van der Waals surface area contributed by atoms with Gasteiger partial charge in [-0.15, -0.1) is 0 Å². The largest absolute Gasteiger partial charge is 0.460 e. The highest BCUT2D eigenvalue weighted by Crippen LogP contribution is 2.60. The molecule has 0 aliphatic heterocycles. The molecule has 0 N–H and O–H groups in total.